The van der Waals surface area contributed by atoms with Gasteiger partial charge in [0.2, 0.25) is 15.0 Å². The molecule has 1 aromatic carbocycles. The Morgan fingerprint density at radius 3 is 2.76 bits per heavy atom. The SMILES string of the molecule is CS(=O)(=O)c1ncc2c(n1)CCN(Cc1ccc(-c3cccc(C#N)c3)nc1)C2. The number of fused-ring (bicyclic) bond motifs is 1. The standard InChI is InChI=1S/C21H19N5O2S/c1-29(27,28)21-24-12-18-14-26(8-7-20(18)25-21)13-16-5-6-19(23-11-16)17-4-2-3-15(9-17)10-22/h2-6,9,11-12H,7-8,13-14H2,1H3. The Morgan fingerprint density at radius 1 is 1.17 bits per heavy atom. The maximum Gasteiger partial charge on any atom is 0.246 e. The molecule has 0 radical (unpaired) electrons. The van der Waals surface area contributed by atoms with Crippen LogP contribution in [0, 0.1) is 11.3 Å². The van der Waals surface area contributed by atoms with Gasteiger partial charge in [-0.3, -0.25) is 9.88 Å². The molecule has 3 heterocycles. The van der Waals surface area contributed by atoms with Crippen LogP contribution in [-0.4, -0.2) is 41.1 Å². The molecule has 0 amide bonds. The molecule has 0 unspecified atom stereocenters. The molecule has 0 bridgehead atoms. The van der Waals surface area contributed by atoms with Crippen molar-refractivity contribution in [3.05, 3.63) is 71.2 Å². The fraction of sp³-hybridized carbons (Fsp3) is 0.238. The predicted octanol–water partition coefficient (Wildman–Crippen LogP) is 2.37. The summed E-state index contributed by atoms with van der Waals surface area (Å²) < 4.78 is 23.3. The summed E-state index contributed by atoms with van der Waals surface area (Å²) >= 11 is 0. The Hall–Kier alpha value is -3.15. The zero-order chi connectivity index (χ0) is 20.4. The third kappa shape index (κ3) is 4.31. The molecule has 8 heteroatoms. The van der Waals surface area contributed by atoms with Crippen molar-refractivity contribution in [2.24, 2.45) is 0 Å². The van der Waals surface area contributed by atoms with Crippen LogP contribution in [0.3, 0.4) is 0 Å². The van der Waals surface area contributed by atoms with Crippen LogP contribution in [0.1, 0.15) is 22.4 Å². The van der Waals surface area contributed by atoms with E-state index in [4.69, 9.17) is 5.26 Å². The minimum atomic E-state index is -3.39. The number of nitriles is 1. The highest BCUT2D eigenvalue weighted by Crippen LogP contribution is 2.21. The Balaban J connectivity index is 1.46. The second kappa shape index (κ2) is 7.70. The van der Waals surface area contributed by atoms with Crippen LogP contribution in [0.4, 0.5) is 0 Å². The monoisotopic (exact) mass is 405 g/mol. The minimum Gasteiger partial charge on any atom is -0.294 e. The summed E-state index contributed by atoms with van der Waals surface area (Å²) in [6.07, 6.45) is 5.28. The highest BCUT2D eigenvalue weighted by atomic mass is 32.2. The second-order valence-electron chi connectivity index (χ2n) is 7.10. The highest BCUT2D eigenvalue weighted by Gasteiger charge is 2.21. The molecule has 0 spiro atoms. The molecule has 146 valence electrons. The lowest BCUT2D eigenvalue weighted by molar-refractivity contribution is 0.242. The van der Waals surface area contributed by atoms with E-state index in [-0.39, 0.29) is 5.16 Å². The van der Waals surface area contributed by atoms with Crippen molar-refractivity contribution in [1.82, 2.24) is 19.9 Å². The van der Waals surface area contributed by atoms with E-state index >= 15 is 0 Å². The quantitative estimate of drug-likeness (QED) is 0.614. The van der Waals surface area contributed by atoms with E-state index in [9.17, 15) is 8.42 Å². The summed E-state index contributed by atoms with van der Waals surface area (Å²) in [5.74, 6) is 0. The smallest absolute Gasteiger partial charge is 0.246 e. The molecule has 29 heavy (non-hydrogen) atoms. The van der Waals surface area contributed by atoms with E-state index in [2.05, 4.69) is 25.9 Å². The lowest BCUT2D eigenvalue weighted by Crippen LogP contribution is -2.31. The fourth-order valence-corrected chi connectivity index (χ4v) is 3.89. The van der Waals surface area contributed by atoms with Crippen molar-refractivity contribution in [3.63, 3.8) is 0 Å². The lowest BCUT2D eigenvalue weighted by Gasteiger charge is -2.27. The molecule has 2 aromatic heterocycles. The molecule has 0 aliphatic carbocycles. The molecule has 7 nitrogen and oxygen atoms in total. The Bertz CT molecular complexity index is 1200. The van der Waals surface area contributed by atoms with Crippen LogP contribution < -0.4 is 0 Å². The van der Waals surface area contributed by atoms with Crippen LogP contribution >= 0.6 is 0 Å². The van der Waals surface area contributed by atoms with Gasteiger partial charge in [-0.15, -0.1) is 0 Å². The van der Waals surface area contributed by atoms with E-state index in [1.165, 1.54) is 0 Å². The van der Waals surface area contributed by atoms with Gasteiger partial charge in [-0.2, -0.15) is 5.26 Å². The van der Waals surface area contributed by atoms with E-state index < -0.39 is 9.84 Å². The van der Waals surface area contributed by atoms with Crippen LogP contribution in [0.25, 0.3) is 11.3 Å². The number of nitrogens with zero attached hydrogens (tertiary/aromatic N) is 5. The van der Waals surface area contributed by atoms with Gasteiger partial charge < -0.3 is 0 Å². The maximum atomic E-state index is 11.6. The number of hydrogen-bond acceptors (Lipinski definition) is 7. The summed E-state index contributed by atoms with van der Waals surface area (Å²) in [5, 5.41) is 8.94. The van der Waals surface area contributed by atoms with Gasteiger partial charge in [-0.1, -0.05) is 18.2 Å². The van der Waals surface area contributed by atoms with Crippen molar-refractivity contribution in [1.29, 1.82) is 5.26 Å². The summed E-state index contributed by atoms with van der Waals surface area (Å²) in [4.78, 5) is 15.0. The third-order valence-electron chi connectivity index (χ3n) is 4.84. The molecule has 1 aliphatic heterocycles. The zero-order valence-corrected chi connectivity index (χ0v) is 16.7. The third-order valence-corrected chi connectivity index (χ3v) is 5.70. The van der Waals surface area contributed by atoms with Crippen molar-refractivity contribution in [2.45, 2.75) is 24.7 Å². The van der Waals surface area contributed by atoms with Gasteiger partial charge in [0.25, 0.3) is 0 Å². The average Bonchev–Trinajstić information content (AvgIpc) is 2.73. The molecule has 0 N–H and O–H groups in total. The first kappa shape index (κ1) is 19.2. The first-order valence-corrected chi connectivity index (χ1v) is 11.0. The van der Waals surface area contributed by atoms with Gasteiger partial charge in [-0.25, -0.2) is 18.4 Å². The van der Waals surface area contributed by atoms with Crippen LogP contribution in [-0.2, 0) is 29.3 Å². The van der Waals surface area contributed by atoms with Crippen LogP contribution in [0.15, 0.2) is 53.9 Å². The zero-order valence-electron chi connectivity index (χ0n) is 15.9. The number of benzene rings is 1. The number of hydrogen-bond donors (Lipinski definition) is 0. The Morgan fingerprint density at radius 2 is 2.03 bits per heavy atom. The van der Waals surface area contributed by atoms with Gasteiger partial charge in [0, 0.05) is 55.8 Å². The van der Waals surface area contributed by atoms with E-state index in [0.717, 1.165) is 47.4 Å². The first-order valence-electron chi connectivity index (χ1n) is 9.15. The van der Waals surface area contributed by atoms with Gasteiger partial charge in [0.05, 0.1) is 23.0 Å². The van der Waals surface area contributed by atoms with Gasteiger partial charge in [0.1, 0.15) is 0 Å². The van der Waals surface area contributed by atoms with Gasteiger partial charge in [-0.05, 0) is 23.8 Å². The van der Waals surface area contributed by atoms with Crippen LogP contribution in [0.2, 0.25) is 0 Å². The topological polar surface area (TPSA) is 99.8 Å². The number of pyridine rings is 1. The second-order valence-corrected chi connectivity index (χ2v) is 9.01. The van der Waals surface area contributed by atoms with Gasteiger partial charge in [0.15, 0.2) is 0 Å². The number of aromatic nitrogens is 3. The molecule has 3 aromatic rings. The summed E-state index contributed by atoms with van der Waals surface area (Å²) in [6.45, 7) is 2.20. The molecule has 0 atom stereocenters. The van der Waals surface area contributed by atoms with Crippen LogP contribution in [0.5, 0.6) is 0 Å². The van der Waals surface area contributed by atoms with Crippen molar-refractivity contribution < 1.29 is 8.42 Å². The maximum absolute atomic E-state index is 11.6. The molecule has 0 saturated heterocycles. The lowest BCUT2D eigenvalue weighted by atomic mass is 10.1. The number of rotatable bonds is 4. The van der Waals surface area contributed by atoms with E-state index in [1.807, 2.05) is 36.5 Å². The molecule has 1 aliphatic rings. The van der Waals surface area contributed by atoms with E-state index in [1.54, 1.807) is 12.3 Å². The molecule has 0 fully saturated rings. The highest BCUT2D eigenvalue weighted by molar-refractivity contribution is 7.90. The van der Waals surface area contributed by atoms with Gasteiger partial charge >= 0.3 is 0 Å². The Kier molecular flexibility index (Phi) is 5.09. The fourth-order valence-electron chi connectivity index (χ4n) is 3.36. The first-order chi connectivity index (χ1) is 13.9. The molecular weight excluding hydrogens is 386 g/mol. The summed E-state index contributed by atoms with van der Waals surface area (Å²) in [5.41, 5.74) is 5.21. The Labute approximate surface area is 169 Å². The van der Waals surface area contributed by atoms with Crippen molar-refractivity contribution in [3.8, 4) is 17.3 Å². The van der Waals surface area contributed by atoms with E-state index in [0.29, 0.717) is 18.5 Å². The summed E-state index contributed by atoms with van der Waals surface area (Å²) in [6, 6.07) is 13.5. The minimum absolute atomic E-state index is 0.107. The number of sulfone groups is 1. The van der Waals surface area contributed by atoms with Crippen molar-refractivity contribution >= 4 is 9.84 Å². The largest absolute Gasteiger partial charge is 0.294 e. The van der Waals surface area contributed by atoms with Crippen molar-refractivity contribution in [2.75, 3.05) is 12.8 Å². The molecular formula is C21H19N5O2S. The molecule has 0 saturated carbocycles. The molecule has 4 rings (SSSR count). The predicted molar refractivity (Wildman–Crippen MR) is 107 cm³/mol. The summed E-state index contributed by atoms with van der Waals surface area (Å²) in [7, 11) is -3.39. The normalized spacial score (nSPS) is 14.2. The average molecular weight is 405 g/mol.